The molecule has 0 aromatic heterocycles. The maximum atomic E-state index is 13.5. The van der Waals surface area contributed by atoms with Crippen LogP contribution >= 0.6 is 0 Å². The van der Waals surface area contributed by atoms with E-state index in [4.69, 9.17) is 9.47 Å². The molecule has 9 heteroatoms. The molecule has 1 fully saturated rings. The molecule has 0 radical (unpaired) electrons. The fourth-order valence-electron chi connectivity index (χ4n) is 5.06. The SMILES string of the molecule is COc1cc(C(=O)N2CCN(C(=O)CCCCC(c3ccc(F)cc3)c3ccc(F)cc3)CC2)cc(OC)c1O. The van der Waals surface area contributed by atoms with Crippen molar-refractivity contribution in [2.24, 2.45) is 0 Å². The van der Waals surface area contributed by atoms with Crippen molar-refractivity contribution in [1.29, 1.82) is 0 Å². The van der Waals surface area contributed by atoms with Gasteiger partial charge in [0.15, 0.2) is 11.5 Å². The number of nitrogens with zero attached hydrogens (tertiary/aromatic N) is 2. The Morgan fingerprint density at radius 3 is 1.75 bits per heavy atom. The molecule has 1 aliphatic rings. The number of amides is 2. The van der Waals surface area contributed by atoms with Crippen LogP contribution in [0.25, 0.3) is 0 Å². The summed E-state index contributed by atoms with van der Waals surface area (Å²) in [5.74, 6) is -0.693. The van der Waals surface area contributed by atoms with Crippen LogP contribution < -0.4 is 9.47 Å². The third kappa shape index (κ3) is 6.89. The van der Waals surface area contributed by atoms with Crippen LogP contribution in [0.2, 0.25) is 0 Å². The summed E-state index contributed by atoms with van der Waals surface area (Å²) in [6.07, 6.45) is 2.59. The summed E-state index contributed by atoms with van der Waals surface area (Å²) in [6, 6.07) is 15.6. The molecule has 7 nitrogen and oxygen atoms in total. The van der Waals surface area contributed by atoms with Crippen LogP contribution in [0.3, 0.4) is 0 Å². The molecular formula is C31H34F2N2O5. The number of phenolic OH excluding ortho intramolecular Hbond substituents is 1. The number of phenols is 1. The van der Waals surface area contributed by atoms with Gasteiger partial charge in [0.25, 0.3) is 5.91 Å². The fourth-order valence-corrected chi connectivity index (χ4v) is 5.06. The smallest absolute Gasteiger partial charge is 0.254 e. The van der Waals surface area contributed by atoms with Crippen molar-refractivity contribution < 1.29 is 33.0 Å². The quantitative estimate of drug-likeness (QED) is 0.343. The molecule has 0 aliphatic carbocycles. The molecule has 4 rings (SSSR count). The van der Waals surface area contributed by atoms with E-state index in [2.05, 4.69) is 0 Å². The minimum absolute atomic E-state index is 0.0250. The number of benzene rings is 3. The Bertz CT molecular complexity index is 1240. The van der Waals surface area contributed by atoms with Crippen molar-refractivity contribution in [2.45, 2.75) is 31.6 Å². The van der Waals surface area contributed by atoms with E-state index in [-0.39, 0.29) is 46.6 Å². The third-order valence-corrected chi connectivity index (χ3v) is 7.32. The maximum Gasteiger partial charge on any atom is 0.254 e. The molecule has 1 aliphatic heterocycles. The first-order valence-electron chi connectivity index (χ1n) is 13.3. The van der Waals surface area contributed by atoms with Crippen LogP contribution in [0, 0.1) is 11.6 Å². The van der Waals surface area contributed by atoms with Crippen molar-refractivity contribution in [3.8, 4) is 17.2 Å². The number of hydrogen-bond acceptors (Lipinski definition) is 5. The summed E-state index contributed by atoms with van der Waals surface area (Å²) in [5, 5.41) is 10.1. The first kappa shape index (κ1) is 28.9. The van der Waals surface area contributed by atoms with Crippen LogP contribution in [0.1, 0.15) is 53.1 Å². The summed E-state index contributed by atoms with van der Waals surface area (Å²) in [5.41, 5.74) is 2.23. The summed E-state index contributed by atoms with van der Waals surface area (Å²) >= 11 is 0. The predicted octanol–water partition coefficient (Wildman–Crippen LogP) is 5.36. The van der Waals surface area contributed by atoms with Crippen LogP contribution in [0.5, 0.6) is 17.2 Å². The molecule has 212 valence electrons. The molecule has 0 bridgehead atoms. The molecule has 0 spiro atoms. The summed E-state index contributed by atoms with van der Waals surface area (Å²) in [4.78, 5) is 29.4. The Balaban J connectivity index is 1.28. The van der Waals surface area contributed by atoms with Gasteiger partial charge in [-0.3, -0.25) is 9.59 Å². The van der Waals surface area contributed by atoms with Crippen LogP contribution in [0.15, 0.2) is 60.7 Å². The first-order chi connectivity index (χ1) is 19.3. The van der Waals surface area contributed by atoms with Gasteiger partial charge in [-0.1, -0.05) is 30.7 Å². The van der Waals surface area contributed by atoms with Gasteiger partial charge in [-0.25, -0.2) is 8.78 Å². The Kier molecular flexibility index (Phi) is 9.58. The standard InChI is InChI=1S/C31H34F2N2O5/c1-39-27-19-23(20-28(40-2)30(27)37)31(38)35-17-15-34(16-18-35)29(36)6-4-3-5-26(21-7-11-24(32)12-8-21)22-9-13-25(33)14-10-22/h7-14,19-20,26,37H,3-6,15-18H2,1-2H3. The Labute approximate surface area is 232 Å². The van der Waals surface area contributed by atoms with E-state index < -0.39 is 0 Å². The average molecular weight is 553 g/mol. The van der Waals surface area contributed by atoms with E-state index >= 15 is 0 Å². The molecule has 1 N–H and O–H groups in total. The molecule has 40 heavy (non-hydrogen) atoms. The van der Waals surface area contributed by atoms with Crippen molar-refractivity contribution in [1.82, 2.24) is 9.80 Å². The van der Waals surface area contributed by atoms with E-state index in [1.807, 2.05) is 0 Å². The molecule has 0 unspecified atom stereocenters. The minimum Gasteiger partial charge on any atom is -0.502 e. The van der Waals surface area contributed by atoms with Crippen LogP contribution in [-0.2, 0) is 4.79 Å². The van der Waals surface area contributed by atoms with Gasteiger partial charge in [0.1, 0.15) is 11.6 Å². The van der Waals surface area contributed by atoms with E-state index in [1.54, 1.807) is 34.1 Å². The average Bonchev–Trinajstić information content (AvgIpc) is 2.98. The second-order valence-corrected chi connectivity index (χ2v) is 9.80. The highest BCUT2D eigenvalue weighted by molar-refractivity contribution is 5.95. The van der Waals surface area contributed by atoms with Gasteiger partial charge in [-0.2, -0.15) is 0 Å². The predicted molar refractivity (Wildman–Crippen MR) is 147 cm³/mol. The highest BCUT2D eigenvalue weighted by atomic mass is 19.1. The lowest BCUT2D eigenvalue weighted by Crippen LogP contribution is -2.50. The summed E-state index contributed by atoms with van der Waals surface area (Å²) in [7, 11) is 2.80. The number of piperazine rings is 1. The Morgan fingerprint density at radius 2 is 1.27 bits per heavy atom. The van der Waals surface area contributed by atoms with E-state index in [9.17, 15) is 23.5 Å². The molecule has 3 aromatic carbocycles. The highest BCUT2D eigenvalue weighted by Crippen LogP contribution is 2.37. The zero-order valence-electron chi connectivity index (χ0n) is 22.7. The van der Waals surface area contributed by atoms with Crippen molar-refractivity contribution in [3.05, 3.63) is 89.0 Å². The lowest BCUT2D eigenvalue weighted by Gasteiger charge is -2.35. The van der Waals surface area contributed by atoms with Crippen molar-refractivity contribution in [3.63, 3.8) is 0 Å². The number of halogens is 2. The molecule has 0 atom stereocenters. The van der Waals surface area contributed by atoms with Gasteiger partial charge >= 0.3 is 0 Å². The third-order valence-electron chi connectivity index (χ3n) is 7.32. The number of carbonyl (C=O) groups excluding carboxylic acids is 2. The number of methoxy groups -OCH3 is 2. The Hall–Kier alpha value is -4.14. The van der Waals surface area contributed by atoms with Crippen molar-refractivity contribution >= 4 is 11.8 Å². The second kappa shape index (κ2) is 13.3. The van der Waals surface area contributed by atoms with Gasteiger partial charge in [0.2, 0.25) is 11.7 Å². The second-order valence-electron chi connectivity index (χ2n) is 9.80. The highest BCUT2D eigenvalue weighted by Gasteiger charge is 2.26. The number of ether oxygens (including phenoxy) is 2. The molecule has 1 saturated heterocycles. The normalized spacial score (nSPS) is 13.4. The molecule has 3 aromatic rings. The van der Waals surface area contributed by atoms with Gasteiger partial charge in [-0.15, -0.1) is 0 Å². The van der Waals surface area contributed by atoms with E-state index in [0.717, 1.165) is 24.0 Å². The zero-order chi connectivity index (χ0) is 28.6. The molecule has 2 amide bonds. The topological polar surface area (TPSA) is 79.3 Å². The number of unbranched alkanes of at least 4 members (excludes halogenated alkanes) is 1. The van der Waals surface area contributed by atoms with E-state index in [0.29, 0.717) is 44.6 Å². The molecule has 0 saturated carbocycles. The molecule has 1 heterocycles. The summed E-state index contributed by atoms with van der Waals surface area (Å²) < 4.78 is 37.3. The monoisotopic (exact) mass is 552 g/mol. The fraction of sp³-hybridized carbons (Fsp3) is 0.355. The van der Waals surface area contributed by atoms with Crippen LogP contribution in [0.4, 0.5) is 8.78 Å². The number of hydrogen-bond donors (Lipinski definition) is 1. The van der Waals surface area contributed by atoms with Gasteiger partial charge < -0.3 is 24.4 Å². The lowest BCUT2D eigenvalue weighted by atomic mass is 9.87. The van der Waals surface area contributed by atoms with Crippen molar-refractivity contribution in [2.75, 3.05) is 40.4 Å². The van der Waals surface area contributed by atoms with Gasteiger partial charge in [-0.05, 0) is 60.4 Å². The lowest BCUT2D eigenvalue weighted by molar-refractivity contribution is -0.132. The Morgan fingerprint density at radius 1 is 0.800 bits per heavy atom. The minimum atomic E-state index is -0.309. The maximum absolute atomic E-state index is 13.5. The largest absolute Gasteiger partial charge is 0.502 e. The number of aromatic hydroxyl groups is 1. The molecular weight excluding hydrogens is 518 g/mol. The number of carbonyl (C=O) groups is 2. The van der Waals surface area contributed by atoms with Gasteiger partial charge in [0, 0.05) is 44.1 Å². The summed E-state index contributed by atoms with van der Waals surface area (Å²) in [6.45, 7) is 1.66. The zero-order valence-corrected chi connectivity index (χ0v) is 22.7. The van der Waals surface area contributed by atoms with Gasteiger partial charge in [0.05, 0.1) is 14.2 Å². The number of rotatable bonds is 10. The van der Waals surface area contributed by atoms with Crippen LogP contribution in [-0.4, -0.2) is 67.1 Å². The first-order valence-corrected chi connectivity index (χ1v) is 13.3. The van der Waals surface area contributed by atoms with E-state index in [1.165, 1.54) is 50.6 Å².